The Labute approximate surface area is 94.6 Å². The summed E-state index contributed by atoms with van der Waals surface area (Å²) in [5.74, 6) is 0.235. The van der Waals surface area contributed by atoms with E-state index >= 15 is 0 Å². The summed E-state index contributed by atoms with van der Waals surface area (Å²) in [6.07, 6.45) is 3.06. The van der Waals surface area contributed by atoms with Crippen LogP contribution in [0.1, 0.15) is 25.5 Å². The molecule has 1 atom stereocenters. The van der Waals surface area contributed by atoms with Crippen molar-refractivity contribution in [1.29, 1.82) is 0 Å². The van der Waals surface area contributed by atoms with Crippen molar-refractivity contribution in [3.8, 4) is 0 Å². The van der Waals surface area contributed by atoms with Crippen molar-refractivity contribution in [1.82, 2.24) is 15.5 Å². The number of hydrogen-bond acceptors (Lipinski definition) is 5. The van der Waals surface area contributed by atoms with Crippen molar-refractivity contribution in [2.24, 2.45) is 10.9 Å². The van der Waals surface area contributed by atoms with Gasteiger partial charge in [0.05, 0.1) is 5.69 Å². The fourth-order valence-electron chi connectivity index (χ4n) is 1.33. The monoisotopic (exact) mass is 223 g/mol. The molecule has 0 saturated carbocycles. The molecular weight excluding hydrogens is 206 g/mol. The van der Waals surface area contributed by atoms with Crippen LogP contribution in [0.25, 0.3) is 0 Å². The molecule has 1 unspecified atom stereocenters. The zero-order valence-electron chi connectivity index (χ0n) is 9.30. The Hall–Kier alpha value is -1.69. The van der Waals surface area contributed by atoms with E-state index in [1.54, 1.807) is 6.20 Å². The van der Waals surface area contributed by atoms with Gasteiger partial charge < -0.3 is 16.3 Å². The van der Waals surface area contributed by atoms with Crippen LogP contribution in [0.5, 0.6) is 0 Å². The van der Waals surface area contributed by atoms with E-state index in [9.17, 15) is 0 Å². The first-order valence-electron chi connectivity index (χ1n) is 5.22. The average molecular weight is 223 g/mol. The van der Waals surface area contributed by atoms with E-state index in [0.717, 1.165) is 12.1 Å². The third-order valence-electron chi connectivity index (χ3n) is 2.28. The summed E-state index contributed by atoms with van der Waals surface area (Å²) >= 11 is 0. The molecule has 1 aromatic rings. The summed E-state index contributed by atoms with van der Waals surface area (Å²) < 4.78 is 0. The van der Waals surface area contributed by atoms with Crippen LogP contribution >= 0.6 is 0 Å². The number of hydrogen-bond donors (Lipinski definition) is 3. The Morgan fingerprint density at radius 2 is 2.50 bits per heavy atom. The van der Waals surface area contributed by atoms with Crippen molar-refractivity contribution >= 4 is 5.84 Å². The maximum absolute atomic E-state index is 8.48. The number of nitrogens with one attached hydrogen (secondary N) is 1. The zero-order valence-corrected chi connectivity index (χ0v) is 9.30. The molecule has 0 radical (unpaired) electrons. The lowest BCUT2D eigenvalue weighted by molar-refractivity contribution is 0.315. The Bertz CT molecular complexity index is 327. The molecular formula is C10H17N5O. The number of rotatable bonds is 6. The van der Waals surface area contributed by atoms with Crippen molar-refractivity contribution in [2.75, 3.05) is 0 Å². The van der Waals surface area contributed by atoms with Gasteiger partial charge in [0.2, 0.25) is 0 Å². The van der Waals surface area contributed by atoms with E-state index in [1.165, 1.54) is 0 Å². The van der Waals surface area contributed by atoms with Gasteiger partial charge in [-0.1, -0.05) is 12.1 Å². The Morgan fingerprint density at radius 1 is 1.69 bits per heavy atom. The Balaban J connectivity index is 2.40. The quantitative estimate of drug-likeness (QED) is 0.282. The van der Waals surface area contributed by atoms with Crippen LogP contribution in [0.3, 0.4) is 0 Å². The number of aromatic nitrogens is 2. The van der Waals surface area contributed by atoms with E-state index in [-0.39, 0.29) is 11.9 Å². The molecule has 1 heterocycles. The summed E-state index contributed by atoms with van der Waals surface area (Å²) in [6.45, 7) is 2.67. The molecule has 0 saturated heterocycles. The fraction of sp³-hybridized carbons (Fsp3) is 0.500. The second-order valence-electron chi connectivity index (χ2n) is 3.50. The highest BCUT2D eigenvalue weighted by Crippen LogP contribution is 1.99. The van der Waals surface area contributed by atoms with Gasteiger partial charge in [0.1, 0.15) is 5.84 Å². The van der Waals surface area contributed by atoms with Gasteiger partial charge in [0.15, 0.2) is 0 Å². The molecule has 0 aromatic carbocycles. The van der Waals surface area contributed by atoms with Gasteiger partial charge in [-0.3, -0.25) is 0 Å². The number of amidine groups is 1. The summed E-state index contributed by atoms with van der Waals surface area (Å²) in [6, 6.07) is 3.92. The lowest BCUT2D eigenvalue weighted by Crippen LogP contribution is -2.33. The molecule has 0 aliphatic rings. The smallest absolute Gasteiger partial charge is 0.140 e. The topological polar surface area (TPSA) is 96.4 Å². The molecule has 1 aromatic heterocycles. The highest BCUT2D eigenvalue weighted by Gasteiger charge is 2.08. The molecule has 16 heavy (non-hydrogen) atoms. The van der Waals surface area contributed by atoms with Gasteiger partial charge in [-0.05, 0) is 18.6 Å². The van der Waals surface area contributed by atoms with Gasteiger partial charge in [0, 0.05) is 25.2 Å². The number of nitrogens with zero attached hydrogens (tertiary/aromatic N) is 3. The van der Waals surface area contributed by atoms with Gasteiger partial charge in [0.25, 0.3) is 0 Å². The van der Waals surface area contributed by atoms with E-state index in [0.29, 0.717) is 13.0 Å². The molecule has 6 nitrogen and oxygen atoms in total. The van der Waals surface area contributed by atoms with Crippen molar-refractivity contribution in [3.05, 3.63) is 24.0 Å². The van der Waals surface area contributed by atoms with Crippen LogP contribution in [-0.2, 0) is 6.54 Å². The van der Waals surface area contributed by atoms with Gasteiger partial charge in [-0.25, -0.2) is 0 Å². The minimum absolute atomic E-state index is 0.179. The minimum atomic E-state index is 0.179. The highest BCUT2D eigenvalue weighted by atomic mass is 16.4. The third-order valence-corrected chi connectivity index (χ3v) is 2.28. The van der Waals surface area contributed by atoms with Crippen LogP contribution < -0.4 is 11.1 Å². The number of nitrogens with two attached hydrogens (primary N) is 1. The summed E-state index contributed by atoms with van der Waals surface area (Å²) in [4.78, 5) is 0. The molecule has 0 bridgehead atoms. The van der Waals surface area contributed by atoms with Crippen molar-refractivity contribution in [2.45, 2.75) is 32.4 Å². The second kappa shape index (κ2) is 6.73. The molecule has 1 rings (SSSR count). The summed E-state index contributed by atoms with van der Waals surface area (Å²) in [5, 5.41) is 22.5. The molecule has 6 heteroatoms. The average Bonchev–Trinajstić information content (AvgIpc) is 2.35. The zero-order chi connectivity index (χ0) is 11.8. The third kappa shape index (κ3) is 4.22. The van der Waals surface area contributed by atoms with Crippen molar-refractivity contribution in [3.63, 3.8) is 0 Å². The molecule has 0 fully saturated rings. The van der Waals surface area contributed by atoms with E-state index in [2.05, 4.69) is 20.7 Å². The molecule has 0 amide bonds. The van der Waals surface area contributed by atoms with Crippen LogP contribution in [0.2, 0.25) is 0 Å². The Kier molecular flexibility index (Phi) is 5.21. The van der Waals surface area contributed by atoms with Crippen LogP contribution in [0.4, 0.5) is 0 Å². The molecule has 0 aliphatic heterocycles. The van der Waals surface area contributed by atoms with Gasteiger partial charge >= 0.3 is 0 Å². The molecule has 88 valence electrons. The van der Waals surface area contributed by atoms with E-state index < -0.39 is 0 Å². The van der Waals surface area contributed by atoms with Crippen LogP contribution in [0, 0.1) is 0 Å². The molecule has 0 aliphatic carbocycles. The fourth-order valence-corrected chi connectivity index (χ4v) is 1.33. The maximum Gasteiger partial charge on any atom is 0.140 e. The van der Waals surface area contributed by atoms with Gasteiger partial charge in [-0.2, -0.15) is 10.2 Å². The van der Waals surface area contributed by atoms with Crippen LogP contribution in [-0.4, -0.2) is 27.3 Å². The normalized spacial score (nSPS) is 13.7. The predicted octanol–water partition coefficient (Wildman–Crippen LogP) is 0.481. The first kappa shape index (κ1) is 12.4. The first-order valence-corrected chi connectivity index (χ1v) is 5.22. The van der Waals surface area contributed by atoms with Crippen molar-refractivity contribution < 1.29 is 5.21 Å². The largest absolute Gasteiger partial charge is 0.409 e. The van der Waals surface area contributed by atoms with E-state index in [1.807, 2.05) is 19.1 Å². The first-order chi connectivity index (χ1) is 7.76. The Morgan fingerprint density at radius 3 is 3.06 bits per heavy atom. The summed E-state index contributed by atoms with van der Waals surface area (Å²) in [5.41, 5.74) is 6.33. The number of oxime groups is 1. The lowest BCUT2D eigenvalue weighted by atomic mass is 10.1. The SMILES string of the molecule is CCC(C/C(N)=N/O)NCc1cccnn1. The summed E-state index contributed by atoms with van der Waals surface area (Å²) in [7, 11) is 0. The standard InChI is InChI=1S/C10H17N5O/c1-2-8(6-10(11)15-16)12-7-9-4-3-5-13-14-9/h3-5,8,12,16H,2,6-7H2,1H3,(H2,11,15). The predicted molar refractivity (Wildman–Crippen MR) is 61.0 cm³/mol. The lowest BCUT2D eigenvalue weighted by Gasteiger charge is -2.15. The minimum Gasteiger partial charge on any atom is -0.409 e. The van der Waals surface area contributed by atoms with E-state index in [4.69, 9.17) is 10.9 Å². The van der Waals surface area contributed by atoms with Gasteiger partial charge in [-0.15, -0.1) is 0 Å². The highest BCUT2D eigenvalue weighted by molar-refractivity contribution is 5.80. The second-order valence-corrected chi connectivity index (χ2v) is 3.50. The maximum atomic E-state index is 8.48. The van der Waals surface area contributed by atoms with Crippen LogP contribution in [0.15, 0.2) is 23.5 Å². The molecule has 4 N–H and O–H groups in total. The molecule has 0 spiro atoms.